The number of hydrogen-bond acceptors (Lipinski definition) is 4. The Hall–Kier alpha value is -2.21. The molecule has 2 aromatic rings. The molecule has 3 rings (SSSR count). The minimum absolute atomic E-state index is 0.217. The molecule has 0 saturated carbocycles. The predicted molar refractivity (Wildman–Crippen MR) is 157 cm³/mol. The Morgan fingerprint density at radius 2 is 1.84 bits per heavy atom. The standard InChI is InChI=1S/C15H19ClFNO.C9H12O.C7H15N/c1-4-5-12-6-7-13(8-14(12)17)11(3)18-15(9-19)10(2)16;1-3-8-4-6-9(10-2)7-5-8;1-7-4-3-5-8(2)6-7/h6-8,19H,4-5,9H2,1-3H3;4-7H,3H2,1-2H3;7H,3-6H2,1-2H3/b15-10+,18-11?;;. The van der Waals surface area contributed by atoms with Gasteiger partial charge in [0.2, 0.25) is 0 Å². The molecule has 0 spiro atoms. The number of aliphatic imine (C=N–C) groups is 1. The lowest BCUT2D eigenvalue weighted by Crippen LogP contribution is -2.30. The van der Waals surface area contributed by atoms with E-state index in [0.717, 1.165) is 30.9 Å². The quantitative estimate of drug-likeness (QED) is 0.372. The van der Waals surface area contributed by atoms with Crippen LogP contribution in [0.2, 0.25) is 0 Å². The summed E-state index contributed by atoms with van der Waals surface area (Å²) >= 11 is 5.81. The van der Waals surface area contributed by atoms with Crippen LogP contribution in [0.5, 0.6) is 5.75 Å². The number of halogens is 2. The van der Waals surface area contributed by atoms with Crippen molar-refractivity contribution >= 4 is 17.3 Å². The number of nitrogens with zero attached hydrogens (tertiary/aromatic N) is 2. The lowest BCUT2D eigenvalue weighted by atomic mass is 10.0. The van der Waals surface area contributed by atoms with Crippen molar-refractivity contribution in [3.63, 3.8) is 0 Å². The zero-order valence-electron chi connectivity index (χ0n) is 23.8. The number of ether oxygens (including phenoxy) is 1. The van der Waals surface area contributed by atoms with Crippen molar-refractivity contribution in [3.8, 4) is 5.75 Å². The third-order valence-corrected chi connectivity index (χ3v) is 6.49. The van der Waals surface area contributed by atoms with Crippen LogP contribution >= 0.6 is 11.6 Å². The van der Waals surface area contributed by atoms with Gasteiger partial charge in [0.25, 0.3) is 0 Å². The maximum atomic E-state index is 13.8. The third kappa shape index (κ3) is 12.7. The van der Waals surface area contributed by atoms with Crippen molar-refractivity contribution in [3.05, 3.63) is 75.7 Å². The molecule has 1 fully saturated rings. The molecule has 4 nitrogen and oxygen atoms in total. The van der Waals surface area contributed by atoms with Gasteiger partial charge in [-0.1, -0.05) is 63.1 Å². The molecular weight excluding hydrogens is 487 g/mol. The fraction of sp³-hybridized carbons (Fsp3) is 0.516. The molecule has 1 saturated heterocycles. The summed E-state index contributed by atoms with van der Waals surface area (Å²) in [6.07, 6.45) is 5.56. The van der Waals surface area contributed by atoms with E-state index in [0.29, 0.717) is 27.6 Å². The predicted octanol–water partition coefficient (Wildman–Crippen LogP) is 7.66. The van der Waals surface area contributed by atoms with Crippen LogP contribution in [0.4, 0.5) is 4.39 Å². The van der Waals surface area contributed by atoms with Gasteiger partial charge in [-0.15, -0.1) is 0 Å². The van der Waals surface area contributed by atoms with E-state index in [1.807, 2.05) is 25.1 Å². The average Bonchev–Trinajstić information content (AvgIpc) is 2.89. The van der Waals surface area contributed by atoms with Crippen LogP contribution in [0.15, 0.2) is 58.2 Å². The summed E-state index contributed by atoms with van der Waals surface area (Å²) in [5, 5.41) is 9.57. The highest BCUT2D eigenvalue weighted by Gasteiger charge is 2.11. The van der Waals surface area contributed by atoms with Gasteiger partial charge in [-0.3, -0.25) is 4.99 Å². The van der Waals surface area contributed by atoms with Crippen molar-refractivity contribution in [2.45, 2.75) is 66.7 Å². The van der Waals surface area contributed by atoms with Gasteiger partial charge in [0.1, 0.15) is 11.6 Å². The highest BCUT2D eigenvalue weighted by Crippen LogP contribution is 2.16. The minimum atomic E-state index is -0.233. The molecule has 0 bridgehead atoms. The molecule has 1 unspecified atom stereocenters. The Morgan fingerprint density at radius 3 is 2.27 bits per heavy atom. The van der Waals surface area contributed by atoms with Crippen LogP contribution in [0.25, 0.3) is 0 Å². The van der Waals surface area contributed by atoms with Gasteiger partial charge in [0.05, 0.1) is 19.4 Å². The summed E-state index contributed by atoms with van der Waals surface area (Å²) in [7, 11) is 3.89. The first-order valence-electron chi connectivity index (χ1n) is 13.3. The molecule has 1 aliphatic rings. The first-order chi connectivity index (χ1) is 17.6. The molecule has 206 valence electrons. The average molecular weight is 533 g/mol. The summed E-state index contributed by atoms with van der Waals surface area (Å²) in [6, 6.07) is 13.2. The van der Waals surface area contributed by atoms with Crippen LogP contribution < -0.4 is 4.74 Å². The van der Waals surface area contributed by atoms with E-state index in [2.05, 4.69) is 42.9 Å². The van der Waals surface area contributed by atoms with Crippen LogP contribution in [-0.4, -0.2) is 49.6 Å². The van der Waals surface area contributed by atoms with E-state index in [-0.39, 0.29) is 12.4 Å². The molecule has 1 atom stereocenters. The van der Waals surface area contributed by atoms with Crippen molar-refractivity contribution in [2.75, 3.05) is 33.9 Å². The molecule has 1 aliphatic heterocycles. The monoisotopic (exact) mass is 532 g/mol. The van der Waals surface area contributed by atoms with Crippen molar-refractivity contribution in [2.24, 2.45) is 10.9 Å². The summed E-state index contributed by atoms with van der Waals surface area (Å²) in [4.78, 5) is 6.64. The van der Waals surface area contributed by atoms with Gasteiger partial charge in [-0.25, -0.2) is 4.39 Å². The number of piperidine rings is 1. The molecule has 2 aromatic carbocycles. The lowest BCUT2D eigenvalue weighted by molar-refractivity contribution is 0.221. The zero-order valence-corrected chi connectivity index (χ0v) is 24.5. The van der Waals surface area contributed by atoms with Crippen LogP contribution in [0, 0.1) is 11.7 Å². The van der Waals surface area contributed by atoms with E-state index in [1.165, 1.54) is 37.6 Å². The van der Waals surface area contributed by atoms with Crippen LogP contribution in [-0.2, 0) is 12.8 Å². The zero-order chi connectivity index (χ0) is 27.8. The second-order valence-electron chi connectivity index (χ2n) is 9.60. The smallest absolute Gasteiger partial charge is 0.127 e. The molecule has 0 aliphatic carbocycles. The summed E-state index contributed by atoms with van der Waals surface area (Å²) in [5.74, 6) is 1.65. The SMILES string of the molecule is CC1CCCN(C)C1.CCCc1ccc(C(C)=N/C(CO)=C(\C)Cl)cc1F.CCc1ccc(OC)cc1. The number of aliphatic hydroxyl groups is 1. The van der Waals surface area contributed by atoms with Crippen molar-refractivity contribution in [1.82, 2.24) is 4.90 Å². The number of aryl methyl sites for hydroxylation is 2. The summed E-state index contributed by atoms with van der Waals surface area (Å²) in [5.41, 5.74) is 3.79. The highest BCUT2D eigenvalue weighted by molar-refractivity contribution is 6.29. The molecule has 1 heterocycles. The Morgan fingerprint density at radius 1 is 1.16 bits per heavy atom. The number of hydrogen-bond donors (Lipinski definition) is 1. The Labute approximate surface area is 229 Å². The topological polar surface area (TPSA) is 45.1 Å². The first-order valence-corrected chi connectivity index (χ1v) is 13.6. The Kier molecular flexibility index (Phi) is 16.1. The molecule has 6 heteroatoms. The number of rotatable bonds is 7. The van der Waals surface area contributed by atoms with Crippen LogP contribution in [0.3, 0.4) is 0 Å². The van der Waals surface area contributed by atoms with Gasteiger partial charge >= 0.3 is 0 Å². The van der Waals surface area contributed by atoms with Crippen molar-refractivity contribution < 1.29 is 14.2 Å². The van der Waals surface area contributed by atoms with Gasteiger partial charge < -0.3 is 14.7 Å². The minimum Gasteiger partial charge on any atom is -0.497 e. The van der Waals surface area contributed by atoms with Gasteiger partial charge in [0, 0.05) is 17.3 Å². The lowest BCUT2D eigenvalue weighted by Gasteiger charge is -2.26. The van der Waals surface area contributed by atoms with Gasteiger partial charge in [0.15, 0.2) is 0 Å². The van der Waals surface area contributed by atoms with E-state index in [4.69, 9.17) is 21.4 Å². The molecule has 1 N–H and O–H groups in total. The Bertz CT molecular complexity index is 954. The molecule has 0 radical (unpaired) electrons. The largest absolute Gasteiger partial charge is 0.497 e. The second kappa shape index (κ2) is 18.1. The number of allylic oxidation sites excluding steroid dienone is 1. The number of likely N-dealkylation sites (tertiary alicyclic amines) is 1. The molecule has 0 amide bonds. The van der Waals surface area contributed by atoms with E-state index < -0.39 is 0 Å². The molecule has 37 heavy (non-hydrogen) atoms. The summed E-state index contributed by atoms with van der Waals surface area (Å²) in [6.45, 7) is 12.3. The first kappa shape index (κ1) is 32.8. The van der Waals surface area contributed by atoms with Gasteiger partial charge in [-0.2, -0.15) is 0 Å². The number of methoxy groups -OCH3 is 1. The fourth-order valence-corrected chi connectivity index (χ4v) is 4.12. The molecule has 0 aromatic heterocycles. The van der Waals surface area contributed by atoms with E-state index >= 15 is 0 Å². The van der Waals surface area contributed by atoms with Gasteiger partial charge in [-0.05, 0) is 93.9 Å². The maximum absolute atomic E-state index is 13.8. The molecular formula is C31H46ClFN2O2. The maximum Gasteiger partial charge on any atom is 0.127 e. The van der Waals surface area contributed by atoms with Crippen LogP contribution in [0.1, 0.15) is 70.6 Å². The number of benzene rings is 2. The normalized spacial score (nSPS) is 16.6. The van der Waals surface area contributed by atoms with E-state index in [9.17, 15) is 4.39 Å². The van der Waals surface area contributed by atoms with E-state index in [1.54, 1.807) is 27.0 Å². The Balaban J connectivity index is 0.000000315. The van der Waals surface area contributed by atoms with Crippen molar-refractivity contribution in [1.29, 1.82) is 0 Å². The third-order valence-electron chi connectivity index (χ3n) is 6.27. The number of aliphatic hydroxyl groups excluding tert-OH is 1. The fourth-order valence-electron chi connectivity index (χ4n) is 4.02. The second-order valence-corrected chi connectivity index (χ2v) is 10.2. The highest BCUT2D eigenvalue weighted by atomic mass is 35.5. The summed E-state index contributed by atoms with van der Waals surface area (Å²) < 4.78 is 18.8.